The van der Waals surface area contributed by atoms with Crippen LogP contribution in [-0.2, 0) is 10.0 Å². The molecule has 1 N–H and O–H groups in total. The highest BCUT2D eigenvalue weighted by Crippen LogP contribution is 2.24. The Morgan fingerprint density at radius 3 is 2.22 bits per heavy atom. The number of amides is 1. The van der Waals surface area contributed by atoms with Crippen molar-refractivity contribution in [3.63, 3.8) is 0 Å². The van der Waals surface area contributed by atoms with Crippen LogP contribution in [-0.4, -0.2) is 27.6 Å². The van der Waals surface area contributed by atoms with Crippen LogP contribution in [0, 0.1) is 20.8 Å². The minimum Gasteiger partial charge on any atom is -0.345 e. The lowest BCUT2D eigenvalue weighted by molar-refractivity contribution is 0.0935. The van der Waals surface area contributed by atoms with E-state index in [-0.39, 0.29) is 11.9 Å². The highest BCUT2D eigenvalue weighted by molar-refractivity contribution is 7.92. The maximum absolute atomic E-state index is 12.7. The molecule has 2 aromatic carbocycles. The molecule has 0 aliphatic heterocycles. The molecule has 0 heterocycles. The van der Waals surface area contributed by atoms with Crippen LogP contribution in [0.25, 0.3) is 0 Å². The zero-order valence-corrected chi connectivity index (χ0v) is 17.6. The van der Waals surface area contributed by atoms with E-state index in [1.54, 1.807) is 25.1 Å². The highest BCUT2D eigenvalue weighted by Gasteiger charge is 2.18. The summed E-state index contributed by atoms with van der Waals surface area (Å²) in [5, 5.41) is 3.08. The molecular formula is C21H28N2O3S. The van der Waals surface area contributed by atoms with E-state index in [9.17, 15) is 13.2 Å². The Bertz CT molecular complexity index is 952. The molecule has 2 rings (SSSR count). The molecule has 0 saturated carbocycles. The van der Waals surface area contributed by atoms with E-state index in [0.717, 1.165) is 23.8 Å². The summed E-state index contributed by atoms with van der Waals surface area (Å²) in [7, 11) is -1.84. The summed E-state index contributed by atoms with van der Waals surface area (Å²) in [6, 6.07) is 11.2. The second kappa shape index (κ2) is 8.13. The van der Waals surface area contributed by atoms with Crippen molar-refractivity contribution in [2.75, 3.05) is 17.6 Å². The van der Waals surface area contributed by atoms with Gasteiger partial charge in [0.15, 0.2) is 0 Å². The van der Waals surface area contributed by atoms with Gasteiger partial charge in [0.05, 0.1) is 18.0 Å². The van der Waals surface area contributed by atoms with Crippen LogP contribution in [0.2, 0.25) is 0 Å². The van der Waals surface area contributed by atoms with Crippen molar-refractivity contribution in [3.8, 4) is 0 Å². The first-order valence-electron chi connectivity index (χ1n) is 8.97. The Kier molecular flexibility index (Phi) is 6.31. The smallest absolute Gasteiger partial charge is 0.251 e. The van der Waals surface area contributed by atoms with Crippen molar-refractivity contribution < 1.29 is 13.2 Å². The predicted octanol–water partition coefficient (Wildman–Crippen LogP) is 3.89. The molecule has 1 atom stereocenters. The number of nitrogens with zero attached hydrogens (tertiary/aromatic N) is 1. The van der Waals surface area contributed by atoms with E-state index in [1.807, 2.05) is 13.0 Å². The summed E-state index contributed by atoms with van der Waals surface area (Å²) in [4.78, 5) is 12.7. The first-order chi connectivity index (χ1) is 12.5. The van der Waals surface area contributed by atoms with Gasteiger partial charge >= 0.3 is 0 Å². The minimum absolute atomic E-state index is 0.0736. The van der Waals surface area contributed by atoms with Crippen molar-refractivity contribution in [1.29, 1.82) is 0 Å². The summed E-state index contributed by atoms with van der Waals surface area (Å²) < 4.78 is 24.7. The van der Waals surface area contributed by atoms with Crippen molar-refractivity contribution in [1.82, 2.24) is 5.32 Å². The van der Waals surface area contributed by atoms with E-state index < -0.39 is 10.0 Å². The number of anilines is 1. The lowest BCUT2D eigenvalue weighted by Gasteiger charge is -2.21. The molecule has 0 aromatic heterocycles. The molecule has 5 nitrogen and oxygen atoms in total. The number of carbonyl (C=O) groups is 1. The summed E-state index contributed by atoms with van der Waals surface area (Å²) in [6.45, 7) is 7.97. The van der Waals surface area contributed by atoms with Crippen molar-refractivity contribution in [3.05, 3.63) is 64.2 Å². The van der Waals surface area contributed by atoms with Gasteiger partial charge < -0.3 is 5.32 Å². The van der Waals surface area contributed by atoms with Gasteiger partial charge in [-0.15, -0.1) is 0 Å². The number of carbonyl (C=O) groups excluding carboxylic acids is 1. The summed E-state index contributed by atoms with van der Waals surface area (Å²) in [6.07, 6.45) is 1.94. The van der Waals surface area contributed by atoms with E-state index >= 15 is 0 Å². The van der Waals surface area contributed by atoms with E-state index in [1.165, 1.54) is 22.5 Å². The number of sulfonamides is 1. The number of rotatable bonds is 6. The topological polar surface area (TPSA) is 66.5 Å². The monoisotopic (exact) mass is 388 g/mol. The molecule has 0 bridgehead atoms. The third kappa shape index (κ3) is 4.89. The number of nitrogens with one attached hydrogen (secondary N) is 1. The molecule has 0 aliphatic rings. The predicted molar refractivity (Wildman–Crippen MR) is 111 cm³/mol. The molecule has 27 heavy (non-hydrogen) atoms. The number of aryl methyl sites for hydroxylation is 3. The zero-order valence-electron chi connectivity index (χ0n) is 16.8. The Hall–Kier alpha value is -2.34. The van der Waals surface area contributed by atoms with E-state index in [0.29, 0.717) is 11.3 Å². The third-order valence-electron chi connectivity index (χ3n) is 4.94. The summed E-state index contributed by atoms with van der Waals surface area (Å²) >= 11 is 0. The second-order valence-corrected chi connectivity index (χ2v) is 9.02. The molecule has 1 amide bonds. The molecule has 146 valence electrons. The number of benzene rings is 2. The Morgan fingerprint density at radius 1 is 1.04 bits per heavy atom. The standard InChI is InChI=1S/C21H28N2O3S/c1-7-19(17-9-8-14(2)15(3)12-17)22-21(24)18-10-11-20(16(4)13-18)23(5)27(6,25)26/h8-13,19H,7H2,1-6H3,(H,22,24)/t19-/m1/s1. The fourth-order valence-electron chi connectivity index (χ4n) is 2.97. The quantitative estimate of drug-likeness (QED) is 0.816. The molecule has 0 aliphatic carbocycles. The van der Waals surface area contributed by atoms with Crippen molar-refractivity contribution >= 4 is 21.6 Å². The van der Waals surface area contributed by atoms with Crippen LogP contribution >= 0.6 is 0 Å². The molecular weight excluding hydrogens is 360 g/mol. The van der Waals surface area contributed by atoms with Crippen LogP contribution in [0.1, 0.15) is 52.0 Å². The fourth-order valence-corrected chi connectivity index (χ4v) is 3.53. The molecule has 0 fully saturated rings. The first-order valence-corrected chi connectivity index (χ1v) is 10.8. The van der Waals surface area contributed by atoms with Gasteiger partial charge in [0, 0.05) is 12.6 Å². The van der Waals surface area contributed by atoms with Crippen molar-refractivity contribution in [2.45, 2.75) is 40.2 Å². The van der Waals surface area contributed by atoms with Gasteiger partial charge in [-0.3, -0.25) is 9.10 Å². The van der Waals surface area contributed by atoms with Crippen LogP contribution < -0.4 is 9.62 Å². The fraction of sp³-hybridized carbons (Fsp3) is 0.381. The van der Waals surface area contributed by atoms with E-state index in [2.05, 4.69) is 31.3 Å². The van der Waals surface area contributed by atoms with E-state index in [4.69, 9.17) is 0 Å². The molecule has 0 radical (unpaired) electrons. The maximum atomic E-state index is 12.7. The molecule has 0 unspecified atom stereocenters. The zero-order chi connectivity index (χ0) is 20.4. The van der Waals surface area contributed by atoms with Gasteiger partial charge in [-0.05, 0) is 67.6 Å². The Labute approximate surface area is 162 Å². The van der Waals surface area contributed by atoms with Gasteiger partial charge in [0.25, 0.3) is 5.91 Å². The van der Waals surface area contributed by atoms with Crippen LogP contribution in [0.4, 0.5) is 5.69 Å². The van der Waals surface area contributed by atoms with Gasteiger partial charge in [-0.2, -0.15) is 0 Å². The molecule has 0 saturated heterocycles. The first kappa shape index (κ1) is 21.0. The number of hydrogen-bond acceptors (Lipinski definition) is 3. The summed E-state index contributed by atoms with van der Waals surface area (Å²) in [5.74, 6) is -0.170. The van der Waals surface area contributed by atoms with Crippen LogP contribution in [0.15, 0.2) is 36.4 Å². The lowest BCUT2D eigenvalue weighted by Crippen LogP contribution is -2.29. The Balaban J connectivity index is 2.24. The maximum Gasteiger partial charge on any atom is 0.251 e. The van der Waals surface area contributed by atoms with Gasteiger partial charge in [0.2, 0.25) is 10.0 Å². The van der Waals surface area contributed by atoms with Crippen LogP contribution in [0.5, 0.6) is 0 Å². The molecule has 0 spiro atoms. The van der Waals surface area contributed by atoms with Crippen LogP contribution in [0.3, 0.4) is 0 Å². The highest BCUT2D eigenvalue weighted by atomic mass is 32.2. The van der Waals surface area contributed by atoms with Gasteiger partial charge in [0.1, 0.15) is 0 Å². The summed E-state index contributed by atoms with van der Waals surface area (Å²) in [5.41, 5.74) is 5.31. The van der Waals surface area contributed by atoms with Crippen molar-refractivity contribution in [2.24, 2.45) is 0 Å². The SMILES string of the molecule is CC[C@@H](NC(=O)c1ccc(N(C)S(C)(=O)=O)c(C)c1)c1ccc(C)c(C)c1. The second-order valence-electron chi connectivity index (χ2n) is 7.01. The average molecular weight is 389 g/mol. The van der Waals surface area contributed by atoms with Gasteiger partial charge in [-0.25, -0.2) is 8.42 Å². The average Bonchev–Trinajstić information content (AvgIpc) is 2.60. The number of hydrogen-bond donors (Lipinski definition) is 1. The third-order valence-corrected chi connectivity index (χ3v) is 6.13. The minimum atomic E-state index is -3.35. The molecule has 6 heteroatoms. The lowest BCUT2D eigenvalue weighted by atomic mass is 9.99. The molecule has 2 aromatic rings. The van der Waals surface area contributed by atoms with Gasteiger partial charge in [-0.1, -0.05) is 25.1 Å². The Morgan fingerprint density at radius 2 is 1.70 bits per heavy atom. The normalized spacial score (nSPS) is 12.5. The largest absolute Gasteiger partial charge is 0.345 e.